The molecule has 5 rings (SSSR count). The molecule has 184 valence electrons. The molecule has 0 bridgehead atoms. The third kappa shape index (κ3) is 4.80. The van der Waals surface area contributed by atoms with Crippen LogP contribution in [0.3, 0.4) is 0 Å². The maximum atomic E-state index is 5.54. The van der Waals surface area contributed by atoms with Crippen molar-refractivity contribution in [2.24, 2.45) is 0 Å². The van der Waals surface area contributed by atoms with Crippen molar-refractivity contribution in [3.8, 4) is 23.1 Å². The fourth-order valence-electron chi connectivity index (χ4n) is 4.36. The Morgan fingerprint density at radius 2 is 1.97 bits per heavy atom. The molecule has 0 radical (unpaired) electrons. The van der Waals surface area contributed by atoms with Crippen molar-refractivity contribution in [2.45, 2.75) is 26.4 Å². The highest BCUT2D eigenvalue weighted by molar-refractivity contribution is 5.58. The van der Waals surface area contributed by atoms with Gasteiger partial charge in [0.1, 0.15) is 0 Å². The molecule has 1 aliphatic rings. The largest absolute Gasteiger partial charge is 0.493 e. The smallest absolute Gasteiger partial charge is 0.225 e. The van der Waals surface area contributed by atoms with E-state index in [4.69, 9.17) is 23.6 Å². The van der Waals surface area contributed by atoms with Gasteiger partial charge in [0.15, 0.2) is 22.9 Å². The number of anilines is 1. The van der Waals surface area contributed by atoms with E-state index in [1.807, 2.05) is 25.3 Å². The first-order valence-corrected chi connectivity index (χ1v) is 11.8. The van der Waals surface area contributed by atoms with Crippen LogP contribution in [0.25, 0.3) is 17.2 Å². The minimum Gasteiger partial charge on any atom is -0.493 e. The monoisotopic (exact) mass is 478 g/mol. The van der Waals surface area contributed by atoms with Gasteiger partial charge in [-0.3, -0.25) is 4.90 Å². The number of furan rings is 1. The highest BCUT2D eigenvalue weighted by Crippen LogP contribution is 2.33. The molecule has 4 aromatic rings. The average Bonchev–Trinajstić information content (AvgIpc) is 3.57. The quantitative estimate of drug-likeness (QED) is 0.344. The second-order valence-corrected chi connectivity index (χ2v) is 8.32. The van der Waals surface area contributed by atoms with Gasteiger partial charge >= 0.3 is 0 Å². The molecule has 1 aliphatic heterocycles. The lowest BCUT2D eigenvalue weighted by molar-refractivity contribution is 0.158. The molecular weight excluding hydrogens is 448 g/mol. The number of rotatable bonds is 10. The Morgan fingerprint density at radius 1 is 1.14 bits per heavy atom. The molecule has 0 atom stereocenters. The lowest BCUT2D eigenvalue weighted by Crippen LogP contribution is -2.30. The maximum absolute atomic E-state index is 5.54. The number of aromatic nitrogens is 4. The van der Waals surface area contributed by atoms with Crippen LogP contribution in [0.2, 0.25) is 0 Å². The first kappa shape index (κ1) is 23.1. The van der Waals surface area contributed by atoms with E-state index in [1.54, 1.807) is 25.0 Å². The number of benzene rings is 1. The molecule has 0 saturated carbocycles. The van der Waals surface area contributed by atoms with Gasteiger partial charge in [-0.1, -0.05) is 0 Å². The van der Waals surface area contributed by atoms with E-state index in [9.17, 15) is 0 Å². The first-order chi connectivity index (χ1) is 17.2. The summed E-state index contributed by atoms with van der Waals surface area (Å²) in [4.78, 5) is 11.8. The Balaban J connectivity index is 1.42. The van der Waals surface area contributed by atoms with Crippen LogP contribution in [0.5, 0.6) is 11.5 Å². The summed E-state index contributed by atoms with van der Waals surface area (Å²) < 4.78 is 23.7. The summed E-state index contributed by atoms with van der Waals surface area (Å²) in [5.74, 6) is 3.28. The number of nitrogens with zero attached hydrogens (tertiary/aromatic N) is 5. The molecule has 0 spiro atoms. The van der Waals surface area contributed by atoms with E-state index in [1.165, 1.54) is 11.1 Å². The molecule has 0 fully saturated rings. The second kappa shape index (κ2) is 10.3. The number of hydrogen-bond acceptors (Lipinski definition) is 9. The third-order valence-electron chi connectivity index (χ3n) is 6.10. The molecule has 3 aromatic heterocycles. The van der Waals surface area contributed by atoms with Crippen LogP contribution in [0.4, 0.5) is 5.95 Å². The predicted molar refractivity (Wildman–Crippen MR) is 131 cm³/mol. The summed E-state index contributed by atoms with van der Waals surface area (Å²) in [5, 5.41) is 7.99. The van der Waals surface area contributed by atoms with Crippen LogP contribution in [0.15, 0.2) is 41.1 Å². The van der Waals surface area contributed by atoms with Crippen molar-refractivity contribution in [3.05, 3.63) is 53.4 Å². The van der Waals surface area contributed by atoms with E-state index in [0.29, 0.717) is 43.8 Å². The molecule has 0 saturated heterocycles. The molecule has 35 heavy (non-hydrogen) atoms. The Bertz CT molecular complexity index is 1290. The van der Waals surface area contributed by atoms with Crippen LogP contribution >= 0.6 is 0 Å². The van der Waals surface area contributed by atoms with Gasteiger partial charge in [0.05, 0.1) is 27.1 Å². The molecule has 0 amide bonds. The predicted octanol–water partition coefficient (Wildman–Crippen LogP) is 3.41. The lowest BCUT2D eigenvalue weighted by atomic mass is 9.98. The maximum Gasteiger partial charge on any atom is 0.225 e. The zero-order chi connectivity index (χ0) is 24.2. The van der Waals surface area contributed by atoms with Crippen molar-refractivity contribution >= 4 is 11.6 Å². The zero-order valence-electron chi connectivity index (χ0n) is 20.3. The molecule has 4 heterocycles. The molecule has 0 aliphatic carbocycles. The van der Waals surface area contributed by atoms with Gasteiger partial charge in [-0.2, -0.15) is 4.52 Å². The topological polar surface area (TPSA) is 99.2 Å². The minimum atomic E-state index is 0.526. The van der Waals surface area contributed by atoms with Gasteiger partial charge in [-0.25, -0.2) is 9.97 Å². The summed E-state index contributed by atoms with van der Waals surface area (Å²) in [5.41, 5.74) is 4.28. The summed E-state index contributed by atoms with van der Waals surface area (Å²) in [6, 6.07) is 7.84. The van der Waals surface area contributed by atoms with Gasteiger partial charge in [0, 0.05) is 44.5 Å². The average molecular weight is 479 g/mol. The van der Waals surface area contributed by atoms with Crippen molar-refractivity contribution in [1.29, 1.82) is 0 Å². The Kier molecular flexibility index (Phi) is 6.82. The molecular formula is C25H30N6O4. The van der Waals surface area contributed by atoms with Crippen molar-refractivity contribution in [2.75, 3.05) is 45.8 Å². The number of nitrogens with one attached hydrogen (secondary N) is 1. The third-order valence-corrected chi connectivity index (χ3v) is 6.10. The van der Waals surface area contributed by atoms with E-state index < -0.39 is 0 Å². The van der Waals surface area contributed by atoms with E-state index >= 15 is 0 Å². The molecule has 1 aromatic carbocycles. The lowest BCUT2D eigenvalue weighted by Gasteiger charge is -2.29. The molecule has 1 N–H and O–H groups in total. The van der Waals surface area contributed by atoms with Gasteiger partial charge < -0.3 is 23.9 Å². The summed E-state index contributed by atoms with van der Waals surface area (Å²) >= 11 is 0. The van der Waals surface area contributed by atoms with E-state index in [2.05, 4.69) is 32.4 Å². The summed E-state index contributed by atoms with van der Waals surface area (Å²) in [6.45, 7) is 6.27. The SMILES string of the molecule is CCOCCNc1ncc(CN2CCc3cc(OC)c(OC)cc3C2)c2nc(-c3ccco3)nn12. The molecule has 10 nitrogen and oxygen atoms in total. The Labute approximate surface area is 203 Å². The molecule has 0 unspecified atom stereocenters. The number of methoxy groups -OCH3 is 2. The number of hydrogen-bond donors (Lipinski definition) is 1. The molecule has 10 heteroatoms. The first-order valence-electron chi connectivity index (χ1n) is 11.8. The Morgan fingerprint density at radius 3 is 2.71 bits per heavy atom. The van der Waals surface area contributed by atoms with E-state index in [-0.39, 0.29) is 0 Å². The standard InChI is InChI=1S/C25H30N6O4/c1-4-34-11-8-26-25-27-14-19(24-28-23(29-31(24)25)20-6-5-10-35-20)16-30-9-7-17-12-21(32-2)22(33-3)13-18(17)15-30/h5-6,10,12-14H,4,7-9,11,15-16H2,1-3H3,(H,26,27). The minimum absolute atomic E-state index is 0.526. The van der Waals surface area contributed by atoms with Gasteiger partial charge in [0.25, 0.3) is 0 Å². The van der Waals surface area contributed by atoms with Crippen LogP contribution < -0.4 is 14.8 Å². The zero-order valence-corrected chi connectivity index (χ0v) is 20.3. The number of fused-ring (bicyclic) bond motifs is 2. The number of ether oxygens (including phenoxy) is 3. The fraction of sp³-hybridized carbons (Fsp3) is 0.400. The van der Waals surface area contributed by atoms with Crippen molar-refractivity contribution < 1.29 is 18.6 Å². The van der Waals surface area contributed by atoms with Crippen molar-refractivity contribution in [1.82, 2.24) is 24.5 Å². The second-order valence-electron chi connectivity index (χ2n) is 8.32. The van der Waals surface area contributed by atoms with Crippen LogP contribution in [0, 0.1) is 0 Å². The van der Waals surface area contributed by atoms with Crippen LogP contribution in [-0.4, -0.2) is 65.0 Å². The Hall–Kier alpha value is -3.63. The highest BCUT2D eigenvalue weighted by Gasteiger charge is 2.22. The van der Waals surface area contributed by atoms with Crippen molar-refractivity contribution in [3.63, 3.8) is 0 Å². The van der Waals surface area contributed by atoms with Gasteiger partial charge in [0.2, 0.25) is 11.8 Å². The highest BCUT2D eigenvalue weighted by atomic mass is 16.5. The summed E-state index contributed by atoms with van der Waals surface area (Å²) in [7, 11) is 3.33. The fourth-order valence-corrected chi connectivity index (χ4v) is 4.36. The van der Waals surface area contributed by atoms with Crippen LogP contribution in [-0.2, 0) is 24.2 Å². The normalized spacial score (nSPS) is 13.7. The summed E-state index contributed by atoms with van der Waals surface area (Å²) in [6.07, 6.45) is 4.43. The van der Waals surface area contributed by atoms with Gasteiger partial charge in [-0.15, -0.1) is 5.10 Å². The van der Waals surface area contributed by atoms with E-state index in [0.717, 1.165) is 42.2 Å². The van der Waals surface area contributed by atoms with Crippen LogP contribution in [0.1, 0.15) is 23.6 Å². The van der Waals surface area contributed by atoms with Gasteiger partial charge in [-0.05, 0) is 48.7 Å².